The van der Waals surface area contributed by atoms with Crippen LogP contribution in [0.25, 0.3) is 0 Å². The van der Waals surface area contributed by atoms with Gasteiger partial charge in [-0.25, -0.2) is 4.39 Å². The number of halogens is 1. The van der Waals surface area contributed by atoms with Crippen LogP contribution in [0.3, 0.4) is 0 Å². The first-order valence-corrected chi connectivity index (χ1v) is 3.60. The predicted molar refractivity (Wildman–Crippen MR) is 43.6 cm³/mol. The lowest BCUT2D eigenvalue weighted by Gasteiger charge is -2.04. The molecule has 3 nitrogen and oxygen atoms in total. The molecule has 0 atom stereocenters. The molecular weight excluding hydrogens is 173 g/mol. The topological polar surface area (TPSA) is 53.2 Å². The number of nitriles is 1. The lowest BCUT2D eigenvalue weighted by Crippen LogP contribution is -1.96. The SMILES string of the molecule is COc1cc(C#N)c(F)c(CO)c1. The first-order valence-electron chi connectivity index (χ1n) is 3.60. The number of rotatable bonds is 2. The number of benzene rings is 1. The molecule has 4 heteroatoms. The van der Waals surface area contributed by atoms with Crippen LogP contribution in [-0.4, -0.2) is 12.2 Å². The number of ether oxygens (including phenoxy) is 1. The zero-order chi connectivity index (χ0) is 9.84. The first kappa shape index (κ1) is 9.49. The molecule has 1 rings (SSSR count). The summed E-state index contributed by atoms with van der Waals surface area (Å²) >= 11 is 0. The molecule has 0 aliphatic carbocycles. The predicted octanol–water partition coefficient (Wildman–Crippen LogP) is 1.20. The van der Waals surface area contributed by atoms with Gasteiger partial charge < -0.3 is 9.84 Å². The van der Waals surface area contributed by atoms with Crippen LogP contribution in [0.1, 0.15) is 11.1 Å². The summed E-state index contributed by atoms with van der Waals surface area (Å²) in [5, 5.41) is 17.3. The monoisotopic (exact) mass is 181 g/mol. The normalized spacial score (nSPS) is 9.38. The summed E-state index contributed by atoms with van der Waals surface area (Å²) < 4.78 is 18.0. The second-order valence-electron chi connectivity index (χ2n) is 2.42. The zero-order valence-electron chi connectivity index (χ0n) is 7.04. The third-order valence-electron chi connectivity index (χ3n) is 1.65. The Morgan fingerprint density at radius 3 is 2.77 bits per heavy atom. The van der Waals surface area contributed by atoms with E-state index in [2.05, 4.69) is 0 Å². The molecule has 0 aromatic heterocycles. The highest BCUT2D eigenvalue weighted by Gasteiger charge is 2.09. The van der Waals surface area contributed by atoms with Crippen LogP contribution in [0.15, 0.2) is 12.1 Å². The Morgan fingerprint density at radius 2 is 2.31 bits per heavy atom. The van der Waals surface area contributed by atoms with E-state index in [0.29, 0.717) is 5.75 Å². The van der Waals surface area contributed by atoms with E-state index in [1.807, 2.05) is 0 Å². The van der Waals surface area contributed by atoms with Gasteiger partial charge in [0, 0.05) is 11.6 Å². The fourth-order valence-corrected chi connectivity index (χ4v) is 0.970. The molecule has 0 unspecified atom stereocenters. The molecule has 0 bridgehead atoms. The molecule has 0 fully saturated rings. The maximum Gasteiger partial charge on any atom is 0.146 e. The second kappa shape index (κ2) is 3.87. The van der Waals surface area contributed by atoms with E-state index in [1.165, 1.54) is 19.2 Å². The van der Waals surface area contributed by atoms with Gasteiger partial charge in [-0.05, 0) is 6.07 Å². The van der Waals surface area contributed by atoms with E-state index in [0.717, 1.165) is 0 Å². The van der Waals surface area contributed by atoms with E-state index in [4.69, 9.17) is 15.1 Å². The second-order valence-corrected chi connectivity index (χ2v) is 2.42. The van der Waals surface area contributed by atoms with Gasteiger partial charge in [-0.3, -0.25) is 0 Å². The summed E-state index contributed by atoms with van der Waals surface area (Å²) in [5.41, 5.74) is -0.0562. The Bertz CT molecular complexity index is 357. The van der Waals surface area contributed by atoms with Crippen LogP contribution in [0.5, 0.6) is 5.75 Å². The van der Waals surface area contributed by atoms with Gasteiger partial charge in [-0.2, -0.15) is 5.26 Å². The van der Waals surface area contributed by atoms with Gasteiger partial charge in [-0.1, -0.05) is 0 Å². The van der Waals surface area contributed by atoms with E-state index in [9.17, 15) is 4.39 Å². The summed E-state index contributed by atoms with van der Waals surface area (Å²) in [5.74, 6) is -0.326. The molecule has 0 saturated carbocycles. The number of aliphatic hydroxyl groups is 1. The summed E-state index contributed by atoms with van der Waals surface area (Å²) in [6.07, 6.45) is 0. The van der Waals surface area contributed by atoms with Crippen LogP contribution in [0, 0.1) is 17.1 Å². The van der Waals surface area contributed by atoms with Crippen LogP contribution >= 0.6 is 0 Å². The van der Waals surface area contributed by atoms with E-state index < -0.39 is 12.4 Å². The van der Waals surface area contributed by atoms with Crippen molar-refractivity contribution in [3.8, 4) is 11.8 Å². The molecule has 1 aromatic rings. The molecule has 0 aliphatic heterocycles. The van der Waals surface area contributed by atoms with Gasteiger partial charge in [0.1, 0.15) is 17.6 Å². The van der Waals surface area contributed by atoms with Crippen molar-refractivity contribution < 1.29 is 14.2 Å². The maximum absolute atomic E-state index is 13.2. The third kappa shape index (κ3) is 1.76. The van der Waals surface area contributed by atoms with Gasteiger partial charge in [0.2, 0.25) is 0 Å². The molecule has 13 heavy (non-hydrogen) atoms. The minimum Gasteiger partial charge on any atom is -0.497 e. The van der Waals surface area contributed by atoms with Gasteiger partial charge in [0.15, 0.2) is 0 Å². The summed E-state index contributed by atoms with van der Waals surface area (Å²) in [6, 6.07) is 4.32. The fourth-order valence-electron chi connectivity index (χ4n) is 0.970. The molecule has 1 N–H and O–H groups in total. The van der Waals surface area contributed by atoms with E-state index >= 15 is 0 Å². The molecule has 0 saturated heterocycles. The Balaban J connectivity index is 3.31. The fraction of sp³-hybridized carbons (Fsp3) is 0.222. The average molecular weight is 181 g/mol. The van der Waals surface area contributed by atoms with Gasteiger partial charge in [0.05, 0.1) is 19.3 Å². The molecule has 1 aromatic carbocycles. The number of hydrogen-bond acceptors (Lipinski definition) is 3. The average Bonchev–Trinajstić information content (AvgIpc) is 2.18. The summed E-state index contributed by atoms with van der Waals surface area (Å²) in [7, 11) is 1.41. The molecule has 68 valence electrons. The van der Waals surface area contributed by atoms with Crippen molar-refractivity contribution in [2.45, 2.75) is 6.61 Å². The number of methoxy groups -OCH3 is 1. The van der Waals surface area contributed by atoms with Crippen LogP contribution in [0.2, 0.25) is 0 Å². The van der Waals surface area contributed by atoms with Crippen LogP contribution < -0.4 is 4.74 Å². The Morgan fingerprint density at radius 1 is 1.62 bits per heavy atom. The largest absolute Gasteiger partial charge is 0.497 e. The van der Waals surface area contributed by atoms with Crippen LogP contribution in [0.4, 0.5) is 4.39 Å². The van der Waals surface area contributed by atoms with E-state index in [1.54, 1.807) is 6.07 Å². The minimum atomic E-state index is -0.689. The zero-order valence-corrected chi connectivity index (χ0v) is 7.04. The van der Waals surface area contributed by atoms with Crippen molar-refractivity contribution in [2.75, 3.05) is 7.11 Å². The Kier molecular flexibility index (Phi) is 2.83. The maximum atomic E-state index is 13.2. The van der Waals surface area contributed by atoms with Crippen molar-refractivity contribution in [3.05, 3.63) is 29.1 Å². The summed E-state index contributed by atoms with van der Waals surface area (Å²) in [4.78, 5) is 0. The number of nitrogens with zero attached hydrogens (tertiary/aromatic N) is 1. The molecule has 0 heterocycles. The van der Waals surface area contributed by atoms with Crippen molar-refractivity contribution in [1.82, 2.24) is 0 Å². The van der Waals surface area contributed by atoms with Gasteiger partial charge in [-0.15, -0.1) is 0 Å². The first-order chi connectivity index (χ1) is 6.22. The van der Waals surface area contributed by atoms with E-state index in [-0.39, 0.29) is 11.1 Å². The quantitative estimate of drug-likeness (QED) is 0.745. The molecular formula is C9H8FNO2. The Labute approximate surface area is 75.0 Å². The van der Waals surface area contributed by atoms with Gasteiger partial charge in [0.25, 0.3) is 0 Å². The van der Waals surface area contributed by atoms with Crippen molar-refractivity contribution in [1.29, 1.82) is 5.26 Å². The van der Waals surface area contributed by atoms with Crippen molar-refractivity contribution >= 4 is 0 Å². The highest BCUT2D eigenvalue weighted by molar-refractivity contribution is 5.42. The Hall–Kier alpha value is -1.60. The smallest absolute Gasteiger partial charge is 0.146 e. The molecule has 0 aliphatic rings. The third-order valence-corrected chi connectivity index (χ3v) is 1.65. The van der Waals surface area contributed by atoms with Gasteiger partial charge >= 0.3 is 0 Å². The molecule has 0 radical (unpaired) electrons. The highest BCUT2D eigenvalue weighted by atomic mass is 19.1. The standard InChI is InChI=1S/C9H8FNO2/c1-13-8-2-6(4-11)9(10)7(3-8)5-12/h2-3,12H,5H2,1H3. The summed E-state index contributed by atoms with van der Waals surface area (Å²) in [6.45, 7) is -0.447. The number of aliphatic hydroxyl groups excluding tert-OH is 1. The lowest BCUT2D eigenvalue weighted by atomic mass is 10.1. The minimum absolute atomic E-state index is 0.0656. The lowest BCUT2D eigenvalue weighted by molar-refractivity contribution is 0.274. The number of hydrogen-bond donors (Lipinski definition) is 1. The molecule has 0 amide bonds. The van der Waals surface area contributed by atoms with Crippen molar-refractivity contribution in [2.24, 2.45) is 0 Å². The van der Waals surface area contributed by atoms with Crippen LogP contribution in [-0.2, 0) is 6.61 Å². The molecule has 0 spiro atoms. The highest BCUT2D eigenvalue weighted by Crippen LogP contribution is 2.20. The van der Waals surface area contributed by atoms with Crippen molar-refractivity contribution in [3.63, 3.8) is 0 Å².